The minimum atomic E-state index is -0.463. The largest absolute Gasteiger partial charge is 0.368 e. The molecule has 1 aliphatic heterocycles. The van der Waals surface area contributed by atoms with E-state index in [1.54, 1.807) is 0 Å². The van der Waals surface area contributed by atoms with E-state index in [1.807, 2.05) is 0 Å². The van der Waals surface area contributed by atoms with Crippen LogP contribution in [0.4, 0.5) is 0 Å². The van der Waals surface area contributed by atoms with Gasteiger partial charge < -0.3 is 4.74 Å². The Morgan fingerprint density at radius 1 is 1.78 bits per heavy atom. The normalized spacial score (nSPS) is 25.0. The summed E-state index contributed by atoms with van der Waals surface area (Å²) in [5, 5.41) is 0. The van der Waals surface area contributed by atoms with E-state index < -0.39 is 6.10 Å². The first-order chi connectivity index (χ1) is 4.34. The van der Waals surface area contributed by atoms with Crippen LogP contribution in [0.3, 0.4) is 0 Å². The van der Waals surface area contributed by atoms with Crippen molar-refractivity contribution in [3.05, 3.63) is 12.3 Å². The van der Waals surface area contributed by atoms with Crippen molar-refractivity contribution >= 4 is 12.0 Å². The quantitative estimate of drug-likeness (QED) is 0.501. The molecule has 1 unspecified atom stereocenters. The Bertz CT molecular complexity index is 172. The van der Waals surface area contributed by atoms with Crippen LogP contribution in [0.5, 0.6) is 0 Å². The van der Waals surface area contributed by atoms with E-state index in [0.29, 0.717) is 0 Å². The second-order valence-corrected chi connectivity index (χ2v) is 1.67. The van der Waals surface area contributed by atoms with Gasteiger partial charge in [-0.3, -0.25) is 9.79 Å². The minimum Gasteiger partial charge on any atom is -0.368 e. The van der Waals surface area contributed by atoms with Gasteiger partial charge in [0.05, 0.1) is 0 Å². The molecule has 0 saturated carbocycles. The second kappa shape index (κ2) is 2.55. The number of ketones is 1. The van der Waals surface area contributed by atoms with E-state index in [4.69, 9.17) is 4.74 Å². The Morgan fingerprint density at radius 2 is 2.56 bits per heavy atom. The van der Waals surface area contributed by atoms with Crippen molar-refractivity contribution in [1.29, 1.82) is 0 Å². The average molecular weight is 125 g/mol. The van der Waals surface area contributed by atoms with Crippen LogP contribution < -0.4 is 0 Å². The van der Waals surface area contributed by atoms with E-state index in [0.717, 1.165) is 0 Å². The number of methoxy groups -OCH3 is 1. The number of rotatable bonds is 1. The van der Waals surface area contributed by atoms with Crippen LogP contribution in [-0.4, -0.2) is 25.2 Å². The van der Waals surface area contributed by atoms with Gasteiger partial charge in [-0.15, -0.1) is 0 Å². The lowest BCUT2D eigenvalue weighted by Crippen LogP contribution is -2.24. The summed E-state index contributed by atoms with van der Waals surface area (Å²) in [6.07, 6.45) is 3.86. The number of ether oxygens (including phenoxy) is 1. The van der Waals surface area contributed by atoms with Gasteiger partial charge in [-0.1, -0.05) is 0 Å². The highest BCUT2D eigenvalue weighted by molar-refractivity contribution is 6.06. The van der Waals surface area contributed by atoms with E-state index in [9.17, 15) is 4.79 Å². The summed E-state index contributed by atoms with van der Waals surface area (Å²) in [6, 6.07) is 0. The molecule has 0 N–H and O–H groups in total. The molecular formula is C6H7NO2. The fourth-order valence-electron chi connectivity index (χ4n) is 0.590. The first-order valence-corrected chi connectivity index (χ1v) is 2.61. The molecule has 0 aromatic heterocycles. The summed E-state index contributed by atoms with van der Waals surface area (Å²) in [6.45, 7) is 0. The van der Waals surface area contributed by atoms with Gasteiger partial charge in [-0.05, 0) is 0 Å². The molecule has 1 rings (SSSR count). The zero-order valence-electron chi connectivity index (χ0n) is 5.07. The van der Waals surface area contributed by atoms with Crippen LogP contribution in [0.2, 0.25) is 0 Å². The Hall–Kier alpha value is -0.960. The van der Waals surface area contributed by atoms with Crippen molar-refractivity contribution in [2.45, 2.75) is 6.10 Å². The van der Waals surface area contributed by atoms with Gasteiger partial charge >= 0.3 is 0 Å². The molecule has 0 bridgehead atoms. The Morgan fingerprint density at radius 3 is 3.00 bits per heavy atom. The lowest BCUT2D eigenvalue weighted by molar-refractivity contribution is -0.120. The maximum atomic E-state index is 10.7. The molecule has 0 aliphatic carbocycles. The lowest BCUT2D eigenvalue weighted by atomic mass is 10.2. The molecule has 0 spiro atoms. The highest BCUT2D eigenvalue weighted by atomic mass is 16.5. The summed E-state index contributed by atoms with van der Waals surface area (Å²) in [5.74, 6) is -0.0486. The van der Waals surface area contributed by atoms with Gasteiger partial charge in [0.2, 0.25) is 0 Å². The number of carbonyl (C=O) groups excluding carboxylic acids is 1. The first-order valence-electron chi connectivity index (χ1n) is 2.61. The molecule has 3 heteroatoms. The molecule has 1 aliphatic rings. The smallest absolute Gasteiger partial charge is 0.191 e. The van der Waals surface area contributed by atoms with Gasteiger partial charge in [-0.2, -0.15) is 0 Å². The van der Waals surface area contributed by atoms with E-state index in [1.165, 1.54) is 25.6 Å². The molecule has 1 heterocycles. The van der Waals surface area contributed by atoms with Gasteiger partial charge in [0.25, 0.3) is 0 Å². The Kier molecular flexibility index (Phi) is 1.75. The molecule has 0 aromatic rings. The fraction of sp³-hybridized carbons (Fsp3) is 0.333. The molecule has 9 heavy (non-hydrogen) atoms. The standard InChI is InChI=1S/C6H7NO2/c1-9-6-4-7-3-2-5(6)8/h2-4,6H,1H3. The van der Waals surface area contributed by atoms with Crippen molar-refractivity contribution in [3.63, 3.8) is 0 Å². The van der Waals surface area contributed by atoms with E-state index in [2.05, 4.69) is 4.99 Å². The van der Waals surface area contributed by atoms with E-state index in [-0.39, 0.29) is 5.78 Å². The van der Waals surface area contributed by atoms with E-state index >= 15 is 0 Å². The molecular weight excluding hydrogens is 118 g/mol. The SMILES string of the molecule is COC1C=NC=CC1=O. The van der Waals surface area contributed by atoms with Crippen LogP contribution in [0.15, 0.2) is 17.3 Å². The predicted octanol–water partition coefficient (Wildman–Crippen LogP) is 0.169. The van der Waals surface area contributed by atoms with Crippen molar-refractivity contribution in [1.82, 2.24) is 0 Å². The number of hydrogen-bond acceptors (Lipinski definition) is 3. The highest BCUT2D eigenvalue weighted by Crippen LogP contribution is 1.96. The van der Waals surface area contributed by atoms with Crippen LogP contribution >= 0.6 is 0 Å². The van der Waals surface area contributed by atoms with Crippen molar-refractivity contribution < 1.29 is 9.53 Å². The van der Waals surface area contributed by atoms with Crippen LogP contribution in [0, 0.1) is 0 Å². The molecule has 0 saturated heterocycles. The lowest BCUT2D eigenvalue weighted by Gasteiger charge is -2.06. The van der Waals surface area contributed by atoms with Gasteiger partial charge in [0.1, 0.15) is 0 Å². The maximum Gasteiger partial charge on any atom is 0.191 e. The average Bonchev–Trinajstić information content (AvgIpc) is 1.89. The third-order valence-electron chi connectivity index (χ3n) is 1.08. The highest BCUT2D eigenvalue weighted by Gasteiger charge is 2.13. The van der Waals surface area contributed by atoms with Crippen molar-refractivity contribution in [3.8, 4) is 0 Å². The topological polar surface area (TPSA) is 38.7 Å². The zero-order valence-corrected chi connectivity index (χ0v) is 5.07. The van der Waals surface area contributed by atoms with Crippen LogP contribution in [-0.2, 0) is 9.53 Å². The van der Waals surface area contributed by atoms with Crippen molar-refractivity contribution in [2.24, 2.45) is 4.99 Å². The summed E-state index contributed by atoms with van der Waals surface area (Å²) < 4.78 is 4.75. The number of nitrogens with zero attached hydrogens (tertiary/aromatic N) is 1. The Balaban J connectivity index is 2.66. The van der Waals surface area contributed by atoms with Gasteiger partial charge in [0.15, 0.2) is 11.9 Å². The number of carbonyl (C=O) groups is 1. The van der Waals surface area contributed by atoms with Crippen molar-refractivity contribution in [2.75, 3.05) is 7.11 Å². The molecule has 0 amide bonds. The molecule has 0 radical (unpaired) electrons. The van der Waals surface area contributed by atoms with Crippen LogP contribution in [0.25, 0.3) is 0 Å². The molecule has 0 aromatic carbocycles. The maximum absolute atomic E-state index is 10.7. The minimum absolute atomic E-state index is 0.0486. The summed E-state index contributed by atoms with van der Waals surface area (Å²) in [4.78, 5) is 14.5. The molecule has 1 atom stereocenters. The summed E-state index contributed by atoms with van der Waals surface area (Å²) >= 11 is 0. The number of hydrogen-bond donors (Lipinski definition) is 0. The monoisotopic (exact) mass is 125 g/mol. The number of aliphatic imine (C=N–C) groups is 1. The first kappa shape index (κ1) is 6.16. The summed E-state index contributed by atoms with van der Waals surface area (Å²) in [5.41, 5.74) is 0. The molecule has 0 fully saturated rings. The third kappa shape index (κ3) is 1.23. The predicted molar refractivity (Wildman–Crippen MR) is 33.4 cm³/mol. The third-order valence-corrected chi connectivity index (χ3v) is 1.08. The van der Waals surface area contributed by atoms with Gasteiger partial charge in [-0.25, -0.2) is 0 Å². The van der Waals surface area contributed by atoms with Gasteiger partial charge in [0, 0.05) is 25.6 Å². The molecule has 3 nitrogen and oxygen atoms in total. The Labute approximate surface area is 53.0 Å². The molecule has 48 valence electrons. The fourth-order valence-corrected chi connectivity index (χ4v) is 0.590. The zero-order chi connectivity index (χ0) is 6.69. The summed E-state index contributed by atoms with van der Waals surface area (Å²) in [7, 11) is 1.48. The second-order valence-electron chi connectivity index (χ2n) is 1.67. The van der Waals surface area contributed by atoms with Crippen LogP contribution in [0.1, 0.15) is 0 Å².